The first-order chi connectivity index (χ1) is 18.7. The van der Waals surface area contributed by atoms with Gasteiger partial charge in [0.2, 0.25) is 0 Å². The van der Waals surface area contributed by atoms with Crippen molar-refractivity contribution in [2.45, 2.75) is 0 Å². The molecule has 0 amide bonds. The number of ether oxygens (including phenoxy) is 2. The molecule has 0 radical (unpaired) electrons. The Morgan fingerprint density at radius 3 is 0.868 bits per heavy atom. The fraction of sp³-hybridized carbons (Fsp3) is 0. The van der Waals surface area contributed by atoms with Gasteiger partial charge in [-0.3, -0.25) is 9.59 Å². The van der Waals surface area contributed by atoms with Gasteiger partial charge in [-0.25, -0.2) is 0 Å². The first kappa shape index (κ1) is 25.7. The van der Waals surface area contributed by atoms with Crippen molar-refractivity contribution in [2.24, 2.45) is 0 Å². The van der Waals surface area contributed by atoms with Crippen LogP contribution >= 0.6 is 0 Å². The van der Waals surface area contributed by atoms with Crippen LogP contribution in [0.25, 0.3) is 0 Å². The highest BCUT2D eigenvalue weighted by Gasteiger charge is 2.13. The van der Waals surface area contributed by atoms with Crippen LogP contribution in [0.5, 0.6) is 23.0 Å². The Bertz CT molecular complexity index is 1360. The molecular weight excluding hydrogens is 480 g/mol. The van der Waals surface area contributed by atoms with Crippen molar-refractivity contribution in [3.05, 3.63) is 166 Å². The van der Waals surface area contributed by atoms with Crippen molar-refractivity contribution in [3.63, 3.8) is 0 Å². The predicted molar refractivity (Wildman–Crippen MR) is 146 cm³/mol. The maximum absolute atomic E-state index is 12.9. The molecule has 0 N–H and O–H groups in total. The number of rotatable bonds is 8. The number of carbonyl (C=O) groups excluding carboxylic acids is 2. The van der Waals surface area contributed by atoms with Crippen LogP contribution < -0.4 is 9.47 Å². The molecule has 0 bridgehead atoms. The second-order valence-electron chi connectivity index (χ2n) is 8.11. The van der Waals surface area contributed by atoms with Gasteiger partial charge in [-0.1, -0.05) is 60.7 Å². The van der Waals surface area contributed by atoms with E-state index in [2.05, 4.69) is 0 Å². The normalized spacial score (nSPS) is 10.0. The second kappa shape index (κ2) is 12.6. The highest BCUT2D eigenvalue weighted by molar-refractivity contribution is 6.11. The van der Waals surface area contributed by atoms with Gasteiger partial charge in [0.05, 0.1) is 0 Å². The van der Waals surface area contributed by atoms with Crippen LogP contribution in [-0.4, -0.2) is 11.6 Å². The number of benzene rings is 5. The zero-order chi connectivity index (χ0) is 26.7. The lowest BCUT2D eigenvalue weighted by Gasteiger charge is -2.08. The molecule has 0 heterocycles. The summed E-state index contributed by atoms with van der Waals surface area (Å²) in [5.74, 6) is 2.52. The van der Waals surface area contributed by atoms with E-state index in [4.69, 9.17) is 19.4 Å². The third kappa shape index (κ3) is 6.44. The molecule has 6 nitrogen and oxygen atoms in total. The Kier molecular flexibility index (Phi) is 8.50. The molecule has 0 atom stereocenters. The molecular formula is C32H22O6. The minimum atomic E-state index is -0.123. The van der Waals surface area contributed by atoms with Crippen molar-refractivity contribution in [1.29, 1.82) is 0 Å². The fourth-order valence-electron chi connectivity index (χ4n) is 3.70. The molecule has 0 aliphatic rings. The lowest BCUT2D eigenvalue weighted by Crippen LogP contribution is -2.04. The zero-order valence-electron chi connectivity index (χ0n) is 20.2. The summed E-state index contributed by atoms with van der Waals surface area (Å²) in [4.78, 5) is 39.8. The molecule has 5 rings (SSSR count). The van der Waals surface area contributed by atoms with E-state index >= 15 is 0 Å². The Morgan fingerprint density at radius 1 is 0.342 bits per heavy atom. The van der Waals surface area contributed by atoms with Crippen LogP contribution in [0.4, 0.5) is 0 Å². The molecule has 0 spiro atoms. The smallest absolute Gasteiger partial charge is 0.193 e. The van der Waals surface area contributed by atoms with Gasteiger partial charge in [0.15, 0.2) is 11.6 Å². The topological polar surface area (TPSA) is 86.7 Å². The van der Waals surface area contributed by atoms with E-state index in [-0.39, 0.29) is 11.6 Å². The average molecular weight is 503 g/mol. The fourth-order valence-corrected chi connectivity index (χ4v) is 3.70. The van der Waals surface area contributed by atoms with Crippen LogP contribution in [-0.2, 0) is 0 Å². The van der Waals surface area contributed by atoms with Crippen LogP contribution in [0, 0.1) is 9.93 Å². The molecule has 0 saturated carbocycles. The van der Waals surface area contributed by atoms with Crippen LogP contribution in [0.15, 0.2) is 133 Å². The standard InChI is InChI=1S/C32H22O4.O2/c33-31(25-15-19-29(20-16-25)35-27-7-3-1-4-8-27)23-11-13-24(14-12-23)32(34)26-17-21-30(22-18-26)36-28-9-5-2-6-10-28;1-2/h1-22H;. The first-order valence-corrected chi connectivity index (χ1v) is 11.7. The minimum Gasteiger partial charge on any atom is -0.457 e. The monoisotopic (exact) mass is 502 g/mol. The molecule has 0 aromatic heterocycles. The van der Waals surface area contributed by atoms with E-state index in [1.807, 2.05) is 60.7 Å². The average Bonchev–Trinajstić information content (AvgIpc) is 2.99. The largest absolute Gasteiger partial charge is 0.457 e. The summed E-state index contributed by atoms with van der Waals surface area (Å²) in [7, 11) is 0. The molecule has 6 heteroatoms. The SMILES string of the molecule is O=C(c1ccc(Oc2ccccc2)cc1)c1ccc(C(=O)c2ccc(Oc3ccccc3)cc2)cc1.O=O. The quantitative estimate of drug-likeness (QED) is 0.201. The van der Waals surface area contributed by atoms with Crippen LogP contribution in [0.1, 0.15) is 31.8 Å². The van der Waals surface area contributed by atoms with Gasteiger partial charge in [-0.2, -0.15) is 0 Å². The number of carbonyl (C=O) groups is 2. The van der Waals surface area contributed by atoms with Crippen LogP contribution in [0.3, 0.4) is 0 Å². The van der Waals surface area contributed by atoms with Crippen molar-refractivity contribution in [3.8, 4) is 23.0 Å². The highest BCUT2D eigenvalue weighted by atomic mass is 16.7. The van der Waals surface area contributed by atoms with E-state index < -0.39 is 0 Å². The Labute approximate surface area is 219 Å². The lowest BCUT2D eigenvalue weighted by molar-refractivity contribution is 0.102. The zero-order valence-corrected chi connectivity index (χ0v) is 20.2. The Balaban J connectivity index is 0.00000164. The van der Waals surface area contributed by atoms with Crippen LogP contribution in [0.2, 0.25) is 0 Å². The molecule has 0 aliphatic heterocycles. The summed E-state index contributed by atoms with van der Waals surface area (Å²) in [6, 6.07) is 39.6. The number of hydrogen-bond donors (Lipinski definition) is 0. The van der Waals surface area contributed by atoms with E-state index in [1.54, 1.807) is 72.8 Å². The number of hydrogen-bond acceptors (Lipinski definition) is 6. The maximum Gasteiger partial charge on any atom is 0.193 e. The predicted octanol–water partition coefficient (Wildman–Crippen LogP) is 7.80. The van der Waals surface area contributed by atoms with Gasteiger partial charge in [-0.15, -0.1) is 0 Å². The number of ketones is 2. The summed E-state index contributed by atoms with van der Waals surface area (Å²) in [5.41, 5.74) is 2.11. The number of para-hydroxylation sites is 2. The Morgan fingerprint density at radius 2 is 0.579 bits per heavy atom. The van der Waals surface area contributed by atoms with E-state index in [0.717, 1.165) is 11.5 Å². The third-order valence-corrected chi connectivity index (χ3v) is 5.60. The van der Waals surface area contributed by atoms with Gasteiger partial charge < -0.3 is 9.47 Å². The molecule has 5 aromatic rings. The van der Waals surface area contributed by atoms with Gasteiger partial charge >= 0.3 is 0 Å². The maximum atomic E-state index is 12.9. The summed E-state index contributed by atoms with van der Waals surface area (Å²) >= 11 is 0. The minimum absolute atomic E-state index is 0.123. The van der Waals surface area contributed by atoms with Gasteiger partial charge in [0, 0.05) is 32.2 Å². The molecule has 0 unspecified atom stereocenters. The first-order valence-electron chi connectivity index (χ1n) is 11.7. The van der Waals surface area contributed by atoms with Crippen molar-refractivity contribution >= 4 is 11.6 Å². The Hall–Kier alpha value is -5.36. The van der Waals surface area contributed by atoms with Crippen molar-refractivity contribution < 1.29 is 19.1 Å². The van der Waals surface area contributed by atoms with Gasteiger partial charge in [-0.05, 0) is 72.8 Å². The highest BCUT2D eigenvalue weighted by Crippen LogP contribution is 2.24. The summed E-state index contributed by atoms with van der Waals surface area (Å²) < 4.78 is 11.6. The second-order valence-corrected chi connectivity index (χ2v) is 8.11. The van der Waals surface area contributed by atoms with E-state index in [1.165, 1.54) is 0 Å². The molecule has 186 valence electrons. The van der Waals surface area contributed by atoms with Gasteiger partial charge in [0.1, 0.15) is 23.0 Å². The lowest BCUT2D eigenvalue weighted by atomic mass is 9.98. The van der Waals surface area contributed by atoms with Crippen molar-refractivity contribution in [1.82, 2.24) is 0 Å². The third-order valence-electron chi connectivity index (χ3n) is 5.60. The molecule has 0 saturated heterocycles. The molecule has 0 fully saturated rings. The summed E-state index contributed by atoms with van der Waals surface area (Å²) in [6.45, 7) is 0. The molecule has 5 aromatic carbocycles. The van der Waals surface area contributed by atoms with E-state index in [0.29, 0.717) is 33.8 Å². The molecule has 0 aliphatic carbocycles. The summed E-state index contributed by atoms with van der Waals surface area (Å²) in [6.07, 6.45) is 0. The van der Waals surface area contributed by atoms with Gasteiger partial charge in [0.25, 0.3) is 0 Å². The van der Waals surface area contributed by atoms with Crippen molar-refractivity contribution in [2.75, 3.05) is 0 Å². The summed E-state index contributed by atoms with van der Waals surface area (Å²) in [5, 5.41) is 0. The van der Waals surface area contributed by atoms with E-state index in [9.17, 15) is 9.59 Å². The molecule has 38 heavy (non-hydrogen) atoms.